The maximum Gasteiger partial charge on any atom is 0.263 e. The second-order valence-electron chi connectivity index (χ2n) is 5.80. The minimum absolute atomic E-state index is 0.0812. The number of hydrogen-bond donors (Lipinski definition) is 2. The summed E-state index contributed by atoms with van der Waals surface area (Å²) in [5.74, 6) is 0.220. The van der Waals surface area contributed by atoms with Crippen LogP contribution in [0.2, 0.25) is 0 Å². The number of anilines is 1. The molecular weight excluding hydrogens is 320 g/mol. The highest BCUT2D eigenvalue weighted by Crippen LogP contribution is 2.27. The standard InChI is InChI=1S/C14H18N4O2S2/c1-8(2)13-16-17-14(21-13)18-22(19,20)12-4-3-9-5-11(15)6-10(9)7-12/h3-4,7-8,11H,5-6,15H2,1-2H3,(H,17,18). The summed E-state index contributed by atoms with van der Waals surface area (Å²) in [5, 5.41) is 8.97. The maximum absolute atomic E-state index is 12.5. The van der Waals surface area contributed by atoms with Gasteiger partial charge in [0.25, 0.3) is 10.0 Å². The second kappa shape index (κ2) is 5.60. The molecule has 118 valence electrons. The van der Waals surface area contributed by atoms with E-state index in [1.54, 1.807) is 12.1 Å². The number of nitrogens with zero attached hydrogens (tertiary/aromatic N) is 2. The molecule has 1 heterocycles. The Morgan fingerprint density at radius 1 is 1.27 bits per heavy atom. The van der Waals surface area contributed by atoms with Crippen molar-refractivity contribution in [1.82, 2.24) is 10.2 Å². The van der Waals surface area contributed by atoms with Crippen LogP contribution in [0.15, 0.2) is 23.1 Å². The summed E-state index contributed by atoms with van der Waals surface area (Å²) in [6.45, 7) is 3.98. The van der Waals surface area contributed by atoms with Crippen molar-refractivity contribution in [3.8, 4) is 0 Å². The lowest BCUT2D eigenvalue weighted by atomic mass is 10.1. The average molecular weight is 338 g/mol. The summed E-state index contributed by atoms with van der Waals surface area (Å²) >= 11 is 1.26. The molecule has 3 rings (SSSR count). The van der Waals surface area contributed by atoms with Crippen molar-refractivity contribution in [3.05, 3.63) is 34.3 Å². The van der Waals surface area contributed by atoms with Gasteiger partial charge in [0.05, 0.1) is 4.90 Å². The quantitative estimate of drug-likeness (QED) is 0.887. The fourth-order valence-corrected chi connectivity index (χ4v) is 4.50. The van der Waals surface area contributed by atoms with Crippen LogP contribution < -0.4 is 10.5 Å². The molecular formula is C14H18N4O2S2. The van der Waals surface area contributed by atoms with Crippen LogP contribution >= 0.6 is 11.3 Å². The van der Waals surface area contributed by atoms with Gasteiger partial charge in [-0.3, -0.25) is 4.72 Å². The Kier molecular flexibility index (Phi) is 3.92. The Bertz CT molecular complexity index is 799. The van der Waals surface area contributed by atoms with Crippen LogP contribution in [0.3, 0.4) is 0 Å². The Labute approximate surface area is 133 Å². The van der Waals surface area contributed by atoms with E-state index in [9.17, 15) is 8.42 Å². The van der Waals surface area contributed by atoms with Gasteiger partial charge < -0.3 is 5.73 Å². The lowest BCUT2D eigenvalue weighted by Gasteiger charge is -2.07. The normalized spacial score (nSPS) is 17.7. The molecule has 2 aromatic rings. The highest BCUT2D eigenvalue weighted by Gasteiger charge is 2.23. The predicted octanol–water partition coefficient (Wildman–Crippen LogP) is 1.89. The van der Waals surface area contributed by atoms with Crippen LogP contribution in [0.25, 0.3) is 0 Å². The first-order valence-electron chi connectivity index (χ1n) is 7.09. The average Bonchev–Trinajstić information content (AvgIpc) is 3.02. The molecule has 0 saturated carbocycles. The van der Waals surface area contributed by atoms with Gasteiger partial charge >= 0.3 is 0 Å². The molecule has 0 bridgehead atoms. The van der Waals surface area contributed by atoms with Crippen molar-refractivity contribution >= 4 is 26.5 Å². The number of benzene rings is 1. The van der Waals surface area contributed by atoms with E-state index in [4.69, 9.17) is 5.73 Å². The summed E-state index contributed by atoms with van der Waals surface area (Å²) in [7, 11) is -3.65. The van der Waals surface area contributed by atoms with Gasteiger partial charge in [0.2, 0.25) is 5.13 Å². The highest BCUT2D eigenvalue weighted by atomic mass is 32.2. The first-order chi connectivity index (χ1) is 10.3. The number of nitrogens with one attached hydrogen (secondary N) is 1. The number of fused-ring (bicyclic) bond motifs is 1. The molecule has 0 spiro atoms. The van der Waals surface area contributed by atoms with E-state index in [0.29, 0.717) is 5.13 Å². The van der Waals surface area contributed by atoms with Gasteiger partial charge in [0, 0.05) is 12.0 Å². The smallest absolute Gasteiger partial charge is 0.263 e. The lowest BCUT2D eigenvalue weighted by molar-refractivity contribution is 0.601. The number of aromatic nitrogens is 2. The third-order valence-corrected chi connectivity index (χ3v) is 6.21. The zero-order valence-electron chi connectivity index (χ0n) is 12.4. The predicted molar refractivity (Wildman–Crippen MR) is 86.6 cm³/mol. The highest BCUT2D eigenvalue weighted by molar-refractivity contribution is 7.93. The number of sulfonamides is 1. The van der Waals surface area contributed by atoms with Crippen molar-refractivity contribution in [2.24, 2.45) is 5.73 Å². The molecule has 1 aromatic carbocycles. The second-order valence-corrected chi connectivity index (χ2v) is 8.50. The van der Waals surface area contributed by atoms with Crippen LogP contribution in [0.1, 0.15) is 35.9 Å². The third kappa shape index (κ3) is 2.99. The maximum atomic E-state index is 12.5. The number of nitrogens with two attached hydrogens (primary N) is 1. The molecule has 1 aromatic heterocycles. The topological polar surface area (TPSA) is 98.0 Å². The number of hydrogen-bond acceptors (Lipinski definition) is 6. The molecule has 1 atom stereocenters. The van der Waals surface area contributed by atoms with Gasteiger partial charge in [0.1, 0.15) is 5.01 Å². The van der Waals surface area contributed by atoms with Gasteiger partial charge in [-0.05, 0) is 36.1 Å². The molecule has 0 radical (unpaired) electrons. The summed E-state index contributed by atoms with van der Waals surface area (Å²) < 4.78 is 27.4. The van der Waals surface area contributed by atoms with E-state index in [1.807, 2.05) is 19.9 Å². The van der Waals surface area contributed by atoms with Gasteiger partial charge in [-0.2, -0.15) is 0 Å². The van der Waals surface area contributed by atoms with Crippen molar-refractivity contribution in [3.63, 3.8) is 0 Å². The van der Waals surface area contributed by atoms with Crippen molar-refractivity contribution < 1.29 is 8.42 Å². The molecule has 0 saturated heterocycles. The van der Waals surface area contributed by atoms with E-state index in [0.717, 1.165) is 29.0 Å². The van der Waals surface area contributed by atoms with E-state index < -0.39 is 10.0 Å². The van der Waals surface area contributed by atoms with Gasteiger partial charge in [-0.25, -0.2) is 8.42 Å². The molecule has 22 heavy (non-hydrogen) atoms. The lowest BCUT2D eigenvalue weighted by Crippen LogP contribution is -2.19. The number of rotatable bonds is 4. The Morgan fingerprint density at radius 3 is 2.68 bits per heavy atom. The van der Waals surface area contributed by atoms with E-state index >= 15 is 0 Å². The first-order valence-corrected chi connectivity index (χ1v) is 9.39. The summed E-state index contributed by atoms with van der Waals surface area (Å²) in [5.41, 5.74) is 8.06. The van der Waals surface area contributed by atoms with E-state index in [1.165, 1.54) is 11.3 Å². The fraction of sp³-hybridized carbons (Fsp3) is 0.429. The summed E-state index contributed by atoms with van der Waals surface area (Å²) in [4.78, 5) is 0.238. The van der Waals surface area contributed by atoms with Crippen molar-refractivity contribution in [1.29, 1.82) is 0 Å². The van der Waals surface area contributed by atoms with Crippen LogP contribution in [0.5, 0.6) is 0 Å². The summed E-state index contributed by atoms with van der Waals surface area (Å²) in [6.07, 6.45) is 1.52. The van der Waals surface area contributed by atoms with Crippen LogP contribution in [-0.2, 0) is 22.9 Å². The molecule has 8 heteroatoms. The van der Waals surface area contributed by atoms with Gasteiger partial charge in [-0.1, -0.05) is 31.3 Å². The van der Waals surface area contributed by atoms with Crippen LogP contribution in [0.4, 0.5) is 5.13 Å². The molecule has 1 aliphatic rings. The van der Waals surface area contributed by atoms with Crippen LogP contribution in [-0.4, -0.2) is 24.7 Å². The largest absolute Gasteiger partial charge is 0.327 e. The Balaban J connectivity index is 1.85. The fourth-order valence-electron chi connectivity index (χ4n) is 2.48. The molecule has 3 N–H and O–H groups in total. The molecule has 0 amide bonds. The Hall–Kier alpha value is -1.51. The minimum Gasteiger partial charge on any atom is -0.327 e. The van der Waals surface area contributed by atoms with Gasteiger partial charge in [0.15, 0.2) is 0 Å². The zero-order valence-corrected chi connectivity index (χ0v) is 14.0. The van der Waals surface area contributed by atoms with Crippen molar-refractivity contribution in [2.75, 3.05) is 4.72 Å². The van der Waals surface area contributed by atoms with Crippen molar-refractivity contribution in [2.45, 2.75) is 43.5 Å². The molecule has 0 fully saturated rings. The molecule has 1 aliphatic carbocycles. The SMILES string of the molecule is CC(C)c1nnc(NS(=O)(=O)c2ccc3c(c2)CC(N)C3)s1. The minimum atomic E-state index is -3.65. The summed E-state index contributed by atoms with van der Waals surface area (Å²) in [6, 6.07) is 5.24. The van der Waals surface area contributed by atoms with Gasteiger partial charge in [-0.15, -0.1) is 10.2 Å². The monoisotopic (exact) mass is 338 g/mol. The third-order valence-electron chi connectivity index (χ3n) is 3.61. The van der Waals surface area contributed by atoms with Crippen LogP contribution in [0, 0.1) is 0 Å². The van der Waals surface area contributed by atoms with E-state index in [2.05, 4.69) is 14.9 Å². The molecule has 6 nitrogen and oxygen atoms in total. The zero-order chi connectivity index (χ0) is 15.9. The van der Waals surface area contributed by atoms with E-state index in [-0.39, 0.29) is 16.9 Å². The first kappa shape index (κ1) is 15.4. The molecule has 0 aliphatic heterocycles. The Morgan fingerprint density at radius 2 is 2.00 bits per heavy atom. The molecule has 1 unspecified atom stereocenters.